The third-order valence-electron chi connectivity index (χ3n) is 2.55. The van der Waals surface area contributed by atoms with E-state index in [1.807, 2.05) is 18.2 Å². The second-order valence-electron chi connectivity index (χ2n) is 4.26. The van der Waals surface area contributed by atoms with Crippen molar-refractivity contribution in [3.8, 4) is 5.75 Å². The maximum Gasteiger partial charge on any atom is 0.119 e. The molecule has 1 aromatic rings. The fourth-order valence-corrected chi connectivity index (χ4v) is 1.41. The van der Waals surface area contributed by atoms with E-state index < -0.39 is 0 Å². The van der Waals surface area contributed by atoms with E-state index >= 15 is 0 Å². The molecule has 0 saturated carbocycles. The molecule has 0 fully saturated rings. The van der Waals surface area contributed by atoms with Crippen LogP contribution in [0.4, 0.5) is 0 Å². The molecular weight excluding hydrogens is 214 g/mol. The highest BCUT2D eigenvalue weighted by Crippen LogP contribution is 2.12. The standard InChI is InChI=1S/C14H23NO2/c1-3-13(15)11-16-8-5-9-17-14-7-4-6-12(2)10-14/h4,6-7,10,13H,3,5,8-9,11,15H2,1-2H3. The van der Waals surface area contributed by atoms with Gasteiger partial charge in [0.25, 0.3) is 0 Å². The Morgan fingerprint density at radius 1 is 1.29 bits per heavy atom. The fourth-order valence-electron chi connectivity index (χ4n) is 1.41. The van der Waals surface area contributed by atoms with Gasteiger partial charge in [0.1, 0.15) is 5.75 Å². The molecule has 0 bridgehead atoms. The van der Waals surface area contributed by atoms with Crippen LogP contribution < -0.4 is 10.5 Å². The molecule has 2 N–H and O–H groups in total. The zero-order valence-electron chi connectivity index (χ0n) is 10.8. The summed E-state index contributed by atoms with van der Waals surface area (Å²) < 4.78 is 11.1. The number of nitrogens with two attached hydrogens (primary N) is 1. The van der Waals surface area contributed by atoms with Crippen LogP contribution in [0.15, 0.2) is 24.3 Å². The molecule has 0 heterocycles. The van der Waals surface area contributed by atoms with Crippen molar-refractivity contribution in [3.05, 3.63) is 29.8 Å². The number of hydrogen-bond donors (Lipinski definition) is 1. The Morgan fingerprint density at radius 3 is 2.82 bits per heavy atom. The summed E-state index contributed by atoms with van der Waals surface area (Å²) in [5, 5.41) is 0. The SMILES string of the molecule is CCC(N)COCCCOc1cccc(C)c1. The van der Waals surface area contributed by atoms with Gasteiger partial charge in [0.15, 0.2) is 0 Å². The molecule has 17 heavy (non-hydrogen) atoms. The lowest BCUT2D eigenvalue weighted by Crippen LogP contribution is -2.25. The van der Waals surface area contributed by atoms with Crippen molar-refractivity contribution < 1.29 is 9.47 Å². The van der Waals surface area contributed by atoms with Crippen LogP contribution in [-0.2, 0) is 4.74 Å². The van der Waals surface area contributed by atoms with Crippen LogP contribution in [0.5, 0.6) is 5.75 Å². The topological polar surface area (TPSA) is 44.5 Å². The van der Waals surface area contributed by atoms with Crippen LogP contribution in [0.1, 0.15) is 25.3 Å². The third kappa shape index (κ3) is 6.29. The summed E-state index contributed by atoms with van der Waals surface area (Å²) in [6.07, 6.45) is 1.85. The van der Waals surface area contributed by atoms with Gasteiger partial charge in [-0.3, -0.25) is 0 Å². The van der Waals surface area contributed by atoms with Crippen molar-refractivity contribution in [2.75, 3.05) is 19.8 Å². The number of ether oxygens (including phenoxy) is 2. The second-order valence-corrected chi connectivity index (χ2v) is 4.26. The van der Waals surface area contributed by atoms with Gasteiger partial charge in [0.05, 0.1) is 13.2 Å². The van der Waals surface area contributed by atoms with Gasteiger partial charge >= 0.3 is 0 Å². The van der Waals surface area contributed by atoms with Crippen molar-refractivity contribution in [1.82, 2.24) is 0 Å². The van der Waals surface area contributed by atoms with E-state index in [0.29, 0.717) is 19.8 Å². The Kier molecular flexibility index (Phi) is 6.67. The Labute approximate surface area is 104 Å². The number of aryl methyl sites for hydroxylation is 1. The predicted molar refractivity (Wildman–Crippen MR) is 70.4 cm³/mol. The van der Waals surface area contributed by atoms with Crippen LogP contribution in [-0.4, -0.2) is 25.9 Å². The minimum absolute atomic E-state index is 0.160. The molecule has 0 aliphatic carbocycles. The van der Waals surface area contributed by atoms with Crippen molar-refractivity contribution in [2.24, 2.45) is 5.73 Å². The minimum atomic E-state index is 0.160. The summed E-state index contributed by atoms with van der Waals surface area (Å²) in [5.74, 6) is 0.926. The average molecular weight is 237 g/mol. The number of rotatable bonds is 8. The van der Waals surface area contributed by atoms with Gasteiger partial charge in [0.2, 0.25) is 0 Å². The van der Waals surface area contributed by atoms with Crippen molar-refractivity contribution >= 4 is 0 Å². The van der Waals surface area contributed by atoms with E-state index in [0.717, 1.165) is 18.6 Å². The first-order valence-electron chi connectivity index (χ1n) is 6.25. The van der Waals surface area contributed by atoms with Crippen molar-refractivity contribution in [1.29, 1.82) is 0 Å². The van der Waals surface area contributed by atoms with Gasteiger partial charge < -0.3 is 15.2 Å². The summed E-state index contributed by atoms with van der Waals surface area (Å²) >= 11 is 0. The van der Waals surface area contributed by atoms with Crippen LogP contribution in [0.3, 0.4) is 0 Å². The molecule has 0 spiro atoms. The van der Waals surface area contributed by atoms with E-state index in [1.165, 1.54) is 5.56 Å². The monoisotopic (exact) mass is 237 g/mol. The van der Waals surface area contributed by atoms with Crippen molar-refractivity contribution in [2.45, 2.75) is 32.7 Å². The molecule has 3 nitrogen and oxygen atoms in total. The van der Waals surface area contributed by atoms with Gasteiger partial charge in [-0.2, -0.15) is 0 Å². The van der Waals surface area contributed by atoms with Crippen LogP contribution >= 0.6 is 0 Å². The predicted octanol–water partition coefficient (Wildman–Crippen LogP) is 2.52. The zero-order chi connectivity index (χ0) is 12.5. The maximum atomic E-state index is 5.74. The van der Waals surface area contributed by atoms with E-state index in [-0.39, 0.29) is 6.04 Å². The number of hydrogen-bond acceptors (Lipinski definition) is 3. The van der Waals surface area contributed by atoms with Gasteiger partial charge in [0, 0.05) is 19.1 Å². The lowest BCUT2D eigenvalue weighted by Gasteiger charge is -2.10. The number of benzene rings is 1. The largest absolute Gasteiger partial charge is 0.493 e. The molecule has 0 aromatic heterocycles. The summed E-state index contributed by atoms with van der Waals surface area (Å²) in [5.41, 5.74) is 6.95. The highest BCUT2D eigenvalue weighted by Gasteiger charge is 1.98. The molecular formula is C14H23NO2. The highest BCUT2D eigenvalue weighted by molar-refractivity contribution is 5.27. The van der Waals surface area contributed by atoms with Crippen LogP contribution in [0, 0.1) is 6.92 Å². The quantitative estimate of drug-likeness (QED) is 0.707. The van der Waals surface area contributed by atoms with Gasteiger partial charge in [-0.25, -0.2) is 0 Å². The summed E-state index contributed by atoms with van der Waals surface area (Å²) in [7, 11) is 0. The molecule has 96 valence electrons. The Morgan fingerprint density at radius 2 is 2.12 bits per heavy atom. The molecule has 0 aliphatic rings. The highest BCUT2D eigenvalue weighted by atomic mass is 16.5. The molecule has 0 radical (unpaired) electrons. The van der Waals surface area contributed by atoms with E-state index in [1.54, 1.807) is 0 Å². The maximum absolute atomic E-state index is 5.74. The Hall–Kier alpha value is -1.06. The van der Waals surface area contributed by atoms with Gasteiger partial charge in [-0.05, 0) is 31.0 Å². The first-order chi connectivity index (χ1) is 8.22. The average Bonchev–Trinajstić information content (AvgIpc) is 2.33. The first kappa shape index (κ1) is 14.0. The molecule has 1 aromatic carbocycles. The van der Waals surface area contributed by atoms with E-state index in [4.69, 9.17) is 15.2 Å². The van der Waals surface area contributed by atoms with Gasteiger partial charge in [-0.1, -0.05) is 19.1 Å². The Bertz CT molecular complexity index is 315. The molecule has 1 rings (SSSR count). The second kappa shape index (κ2) is 8.09. The summed E-state index contributed by atoms with van der Waals surface area (Å²) in [4.78, 5) is 0. The molecule has 0 amide bonds. The summed E-state index contributed by atoms with van der Waals surface area (Å²) in [6.45, 7) is 6.16. The fraction of sp³-hybridized carbons (Fsp3) is 0.571. The lowest BCUT2D eigenvalue weighted by atomic mass is 10.2. The van der Waals surface area contributed by atoms with Crippen LogP contribution in [0.2, 0.25) is 0 Å². The molecule has 1 atom stereocenters. The minimum Gasteiger partial charge on any atom is -0.493 e. The lowest BCUT2D eigenvalue weighted by molar-refractivity contribution is 0.107. The van der Waals surface area contributed by atoms with Crippen LogP contribution in [0.25, 0.3) is 0 Å². The first-order valence-corrected chi connectivity index (χ1v) is 6.25. The Balaban J connectivity index is 2.05. The van der Waals surface area contributed by atoms with Gasteiger partial charge in [-0.15, -0.1) is 0 Å². The van der Waals surface area contributed by atoms with Crippen molar-refractivity contribution in [3.63, 3.8) is 0 Å². The zero-order valence-corrected chi connectivity index (χ0v) is 10.8. The molecule has 3 heteroatoms. The van der Waals surface area contributed by atoms with E-state index in [9.17, 15) is 0 Å². The molecule has 1 unspecified atom stereocenters. The normalized spacial score (nSPS) is 12.4. The third-order valence-corrected chi connectivity index (χ3v) is 2.55. The smallest absolute Gasteiger partial charge is 0.119 e. The summed E-state index contributed by atoms with van der Waals surface area (Å²) in [6, 6.07) is 8.23. The van der Waals surface area contributed by atoms with E-state index in [2.05, 4.69) is 19.9 Å². The molecule has 0 saturated heterocycles. The molecule has 0 aliphatic heterocycles.